The predicted molar refractivity (Wildman–Crippen MR) is 117 cm³/mol. The third kappa shape index (κ3) is 5.82. The molecule has 2 aromatic rings. The standard InChI is InChI=1S/C21H26FN3O2.2ClH/c1-21(23,17-6-4-3-5-7-17)20(26)25-12-10-24(11-13-25)15-16-8-9-19(27-2)18(22)14-16;;/h3-9,14H,10-13,15,23H2,1-2H3;2*1H. The lowest BCUT2D eigenvalue weighted by Gasteiger charge is -2.38. The van der Waals surface area contributed by atoms with Crippen molar-refractivity contribution in [1.29, 1.82) is 0 Å². The molecule has 2 N–H and O–H groups in total. The Morgan fingerprint density at radius 3 is 2.28 bits per heavy atom. The molecular formula is C21H28Cl2FN3O2. The monoisotopic (exact) mass is 443 g/mol. The Bertz CT molecular complexity index is 798. The molecule has 1 aliphatic heterocycles. The number of amides is 1. The summed E-state index contributed by atoms with van der Waals surface area (Å²) in [6.45, 7) is 5.07. The van der Waals surface area contributed by atoms with Gasteiger partial charge in [-0.2, -0.15) is 0 Å². The van der Waals surface area contributed by atoms with Gasteiger partial charge in [0, 0.05) is 32.7 Å². The Morgan fingerprint density at radius 2 is 1.72 bits per heavy atom. The van der Waals surface area contributed by atoms with Crippen LogP contribution < -0.4 is 10.5 Å². The van der Waals surface area contributed by atoms with E-state index in [-0.39, 0.29) is 42.3 Å². The van der Waals surface area contributed by atoms with E-state index in [1.807, 2.05) is 41.3 Å². The van der Waals surface area contributed by atoms with Crippen LogP contribution in [0.2, 0.25) is 0 Å². The van der Waals surface area contributed by atoms with Crippen LogP contribution in [0.25, 0.3) is 0 Å². The van der Waals surface area contributed by atoms with E-state index in [0.717, 1.165) is 24.2 Å². The van der Waals surface area contributed by atoms with Crippen molar-refractivity contribution in [3.8, 4) is 5.75 Å². The summed E-state index contributed by atoms with van der Waals surface area (Å²) >= 11 is 0. The molecule has 5 nitrogen and oxygen atoms in total. The van der Waals surface area contributed by atoms with Gasteiger partial charge in [-0.25, -0.2) is 4.39 Å². The summed E-state index contributed by atoms with van der Waals surface area (Å²) in [6, 6.07) is 14.5. The van der Waals surface area contributed by atoms with E-state index in [9.17, 15) is 9.18 Å². The first kappa shape index (κ1) is 25.2. The minimum Gasteiger partial charge on any atom is -0.494 e. The number of rotatable bonds is 5. The van der Waals surface area contributed by atoms with Crippen LogP contribution in [-0.4, -0.2) is 49.0 Å². The quantitative estimate of drug-likeness (QED) is 0.770. The molecule has 3 rings (SSSR count). The normalized spacial score (nSPS) is 16.2. The van der Waals surface area contributed by atoms with Crippen LogP contribution >= 0.6 is 24.8 Å². The summed E-state index contributed by atoms with van der Waals surface area (Å²) in [5.74, 6) is -0.174. The van der Waals surface area contributed by atoms with Crippen molar-refractivity contribution < 1.29 is 13.9 Å². The van der Waals surface area contributed by atoms with Gasteiger partial charge in [-0.1, -0.05) is 36.4 Å². The number of benzene rings is 2. The SMILES string of the molecule is COc1ccc(CN2CCN(C(=O)C(C)(N)c3ccccc3)CC2)cc1F.Cl.Cl. The van der Waals surface area contributed by atoms with Crippen LogP contribution in [0.4, 0.5) is 4.39 Å². The lowest BCUT2D eigenvalue weighted by Crippen LogP contribution is -2.56. The van der Waals surface area contributed by atoms with Crippen LogP contribution in [0.3, 0.4) is 0 Å². The highest BCUT2D eigenvalue weighted by atomic mass is 35.5. The van der Waals surface area contributed by atoms with Crippen LogP contribution in [-0.2, 0) is 16.9 Å². The molecular weight excluding hydrogens is 416 g/mol. The van der Waals surface area contributed by atoms with Crippen molar-refractivity contribution >= 4 is 30.7 Å². The molecule has 0 bridgehead atoms. The minimum atomic E-state index is -1.04. The Morgan fingerprint density at radius 1 is 1.10 bits per heavy atom. The van der Waals surface area contributed by atoms with E-state index < -0.39 is 5.54 Å². The van der Waals surface area contributed by atoms with Crippen molar-refractivity contribution in [2.45, 2.75) is 19.0 Å². The van der Waals surface area contributed by atoms with Crippen molar-refractivity contribution in [2.24, 2.45) is 5.73 Å². The molecule has 160 valence electrons. The molecule has 0 radical (unpaired) electrons. The second-order valence-electron chi connectivity index (χ2n) is 7.11. The zero-order valence-electron chi connectivity index (χ0n) is 16.6. The zero-order chi connectivity index (χ0) is 19.4. The summed E-state index contributed by atoms with van der Waals surface area (Å²) in [5, 5.41) is 0. The molecule has 2 aromatic carbocycles. The smallest absolute Gasteiger partial charge is 0.247 e. The topological polar surface area (TPSA) is 58.8 Å². The minimum absolute atomic E-state index is 0. The lowest BCUT2D eigenvalue weighted by atomic mass is 9.91. The van der Waals surface area contributed by atoms with Gasteiger partial charge in [0.25, 0.3) is 0 Å². The van der Waals surface area contributed by atoms with Crippen molar-refractivity contribution in [3.05, 3.63) is 65.5 Å². The van der Waals surface area contributed by atoms with Gasteiger partial charge >= 0.3 is 0 Å². The van der Waals surface area contributed by atoms with E-state index in [1.165, 1.54) is 13.2 Å². The number of nitrogens with two attached hydrogens (primary N) is 1. The molecule has 1 aliphatic rings. The van der Waals surface area contributed by atoms with Gasteiger partial charge < -0.3 is 15.4 Å². The first-order chi connectivity index (χ1) is 12.9. The van der Waals surface area contributed by atoms with Crippen LogP contribution in [0, 0.1) is 5.82 Å². The Labute approximate surface area is 183 Å². The summed E-state index contributed by atoms with van der Waals surface area (Å²) < 4.78 is 18.8. The summed E-state index contributed by atoms with van der Waals surface area (Å²) in [4.78, 5) is 16.9. The average molecular weight is 444 g/mol. The number of ether oxygens (including phenoxy) is 1. The zero-order valence-corrected chi connectivity index (χ0v) is 18.3. The molecule has 0 saturated carbocycles. The second kappa shape index (κ2) is 10.8. The maximum Gasteiger partial charge on any atom is 0.247 e. The number of carbonyl (C=O) groups is 1. The molecule has 1 atom stereocenters. The van der Waals surface area contributed by atoms with E-state index >= 15 is 0 Å². The molecule has 0 aromatic heterocycles. The highest BCUT2D eigenvalue weighted by Gasteiger charge is 2.35. The van der Waals surface area contributed by atoms with Crippen LogP contribution in [0.5, 0.6) is 5.75 Å². The van der Waals surface area contributed by atoms with Gasteiger partial charge in [-0.15, -0.1) is 24.8 Å². The Kier molecular flexibility index (Phi) is 9.36. The number of piperazine rings is 1. The number of hydrogen-bond acceptors (Lipinski definition) is 4. The van der Waals surface area contributed by atoms with Crippen molar-refractivity contribution in [3.63, 3.8) is 0 Å². The number of nitrogens with zero attached hydrogens (tertiary/aromatic N) is 2. The van der Waals surface area contributed by atoms with Gasteiger partial charge in [0.1, 0.15) is 5.54 Å². The molecule has 0 spiro atoms. The Hall–Kier alpha value is -1.86. The summed E-state index contributed by atoms with van der Waals surface area (Å²) in [7, 11) is 1.45. The van der Waals surface area contributed by atoms with Gasteiger partial charge in [0.15, 0.2) is 11.6 Å². The number of hydrogen-bond donors (Lipinski definition) is 1. The molecule has 1 heterocycles. The van der Waals surface area contributed by atoms with E-state index in [4.69, 9.17) is 10.5 Å². The molecule has 1 amide bonds. The summed E-state index contributed by atoms with van der Waals surface area (Å²) in [5.41, 5.74) is 7.02. The number of methoxy groups -OCH3 is 1. The molecule has 29 heavy (non-hydrogen) atoms. The average Bonchev–Trinajstić information content (AvgIpc) is 2.69. The third-order valence-corrected chi connectivity index (χ3v) is 5.10. The molecule has 0 aliphatic carbocycles. The first-order valence-corrected chi connectivity index (χ1v) is 9.10. The lowest BCUT2D eigenvalue weighted by molar-refractivity contribution is -0.138. The Balaban J connectivity index is 0.00000210. The highest BCUT2D eigenvalue weighted by Crippen LogP contribution is 2.22. The van der Waals surface area contributed by atoms with Gasteiger partial charge in [0.05, 0.1) is 7.11 Å². The maximum atomic E-state index is 13.9. The number of carbonyl (C=O) groups excluding carboxylic acids is 1. The van der Waals surface area contributed by atoms with Gasteiger partial charge in [0.2, 0.25) is 5.91 Å². The van der Waals surface area contributed by atoms with Crippen LogP contribution in [0.1, 0.15) is 18.1 Å². The van der Waals surface area contributed by atoms with Gasteiger partial charge in [-0.05, 0) is 30.2 Å². The first-order valence-electron chi connectivity index (χ1n) is 9.10. The van der Waals surface area contributed by atoms with Crippen molar-refractivity contribution in [1.82, 2.24) is 9.80 Å². The fraction of sp³-hybridized carbons (Fsp3) is 0.381. The van der Waals surface area contributed by atoms with Crippen molar-refractivity contribution in [2.75, 3.05) is 33.3 Å². The predicted octanol–water partition coefficient (Wildman–Crippen LogP) is 3.20. The second-order valence-corrected chi connectivity index (χ2v) is 7.11. The summed E-state index contributed by atoms with van der Waals surface area (Å²) in [6.07, 6.45) is 0. The highest BCUT2D eigenvalue weighted by molar-refractivity contribution is 5.87. The molecule has 1 unspecified atom stereocenters. The molecule has 1 fully saturated rings. The third-order valence-electron chi connectivity index (χ3n) is 5.10. The largest absolute Gasteiger partial charge is 0.494 e. The van der Waals surface area contributed by atoms with E-state index in [0.29, 0.717) is 19.6 Å². The number of halogens is 3. The van der Waals surface area contributed by atoms with E-state index in [1.54, 1.807) is 13.0 Å². The van der Waals surface area contributed by atoms with Crippen LogP contribution in [0.15, 0.2) is 48.5 Å². The molecule has 8 heteroatoms. The maximum absolute atomic E-state index is 13.9. The molecule has 1 saturated heterocycles. The fourth-order valence-corrected chi connectivity index (χ4v) is 3.41. The fourth-order valence-electron chi connectivity index (χ4n) is 3.41. The van der Waals surface area contributed by atoms with E-state index in [2.05, 4.69) is 4.90 Å². The van der Waals surface area contributed by atoms with Gasteiger partial charge in [-0.3, -0.25) is 9.69 Å².